The molecule has 18 heavy (non-hydrogen) atoms. The second-order valence-electron chi connectivity index (χ2n) is 4.51. The topological polar surface area (TPSA) is 12.4 Å². The van der Waals surface area contributed by atoms with E-state index in [-0.39, 0.29) is 0 Å². The van der Waals surface area contributed by atoms with Crippen LogP contribution in [0.15, 0.2) is 47.5 Å². The maximum atomic E-state index is 6.35. The van der Waals surface area contributed by atoms with E-state index in [1.54, 1.807) is 0 Å². The zero-order chi connectivity index (χ0) is 13.1. The summed E-state index contributed by atoms with van der Waals surface area (Å²) in [6, 6.07) is 14.0. The fourth-order valence-electron chi connectivity index (χ4n) is 2.18. The Morgan fingerprint density at radius 3 is 2.06 bits per heavy atom. The minimum absolute atomic E-state index is 0.552. The predicted octanol–water partition coefficient (Wildman–Crippen LogP) is 4.93. The summed E-state index contributed by atoms with van der Waals surface area (Å²) >= 11 is 6.35. The lowest BCUT2D eigenvalue weighted by atomic mass is 10.0. The Hall–Kier alpha value is -1.60. The first-order valence-corrected chi connectivity index (χ1v) is 6.33. The van der Waals surface area contributed by atoms with Crippen molar-refractivity contribution in [2.24, 2.45) is 4.99 Å². The minimum atomic E-state index is 0.552. The van der Waals surface area contributed by atoms with Crippen molar-refractivity contribution in [2.75, 3.05) is 0 Å². The molecule has 0 saturated carbocycles. The number of rotatable bonds is 2. The second kappa shape index (κ2) is 5.36. The van der Waals surface area contributed by atoms with Gasteiger partial charge in [-0.1, -0.05) is 47.5 Å². The Morgan fingerprint density at radius 1 is 0.944 bits per heavy atom. The molecule has 0 spiro atoms. The predicted molar refractivity (Wildman–Crippen MR) is 79.1 cm³/mol. The molecule has 0 aromatic heterocycles. The molecular weight excluding hydrogens is 242 g/mol. The average Bonchev–Trinajstić information content (AvgIpc) is 2.28. The lowest BCUT2D eigenvalue weighted by Crippen LogP contribution is -1.99. The third-order valence-corrected chi connectivity index (χ3v) is 3.14. The molecule has 0 radical (unpaired) electrons. The van der Waals surface area contributed by atoms with Crippen molar-refractivity contribution < 1.29 is 0 Å². The van der Waals surface area contributed by atoms with Crippen LogP contribution < -0.4 is 0 Å². The van der Waals surface area contributed by atoms with Crippen LogP contribution in [0.4, 0.5) is 5.69 Å². The van der Waals surface area contributed by atoms with Crippen LogP contribution in [0.25, 0.3) is 0 Å². The Bertz CT molecular complexity index is 562. The summed E-state index contributed by atoms with van der Waals surface area (Å²) in [5.74, 6) is 0. The van der Waals surface area contributed by atoms with Gasteiger partial charge in [0, 0.05) is 5.56 Å². The van der Waals surface area contributed by atoms with Gasteiger partial charge < -0.3 is 0 Å². The van der Waals surface area contributed by atoms with Gasteiger partial charge in [0.05, 0.1) is 5.69 Å². The monoisotopic (exact) mass is 257 g/mol. The molecular formula is C16H16ClN. The van der Waals surface area contributed by atoms with E-state index in [9.17, 15) is 0 Å². The summed E-state index contributed by atoms with van der Waals surface area (Å²) in [7, 11) is 0. The first-order valence-electron chi connectivity index (χ1n) is 5.95. The lowest BCUT2D eigenvalue weighted by molar-refractivity contribution is 1.30. The van der Waals surface area contributed by atoms with Crippen LogP contribution in [0.3, 0.4) is 0 Å². The van der Waals surface area contributed by atoms with Gasteiger partial charge in [0.15, 0.2) is 0 Å². The maximum absolute atomic E-state index is 6.35. The van der Waals surface area contributed by atoms with Gasteiger partial charge in [-0.3, -0.25) is 0 Å². The van der Waals surface area contributed by atoms with Crippen LogP contribution in [0.5, 0.6) is 0 Å². The van der Waals surface area contributed by atoms with E-state index in [0.717, 1.165) is 22.4 Å². The number of para-hydroxylation sites is 1. The molecule has 0 heterocycles. The fourth-order valence-corrected chi connectivity index (χ4v) is 2.57. The molecule has 0 fully saturated rings. The molecule has 92 valence electrons. The fraction of sp³-hybridized carbons (Fsp3) is 0.188. The van der Waals surface area contributed by atoms with Crippen molar-refractivity contribution in [1.29, 1.82) is 0 Å². The lowest BCUT2D eigenvalue weighted by Gasteiger charge is -2.09. The second-order valence-corrected chi connectivity index (χ2v) is 4.87. The van der Waals surface area contributed by atoms with E-state index in [0.29, 0.717) is 5.17 Å². The van der Waals surface area contributed by atoms with Crippen molar-refractivity contribution in [3.63, 3.8) is 0 Å². The molecule has 0 aliphatic carbocycles. The molecule has 1 nitrogen and oxygen atoms in total. The molecule has 0 bridgehead atoms. The molecule has 0 saturated heterocycles. The van der Waals surface area contributed by atoms with E-state index in [1.807, 2.05) is 30.3 Å². The summed E-state index contributed by atoms with van der Waals surface area (Å²) in [6.07, 6.45) is 0. The van der Waals surface area contributed by atoms with Gasteiger partial charge in [-0.05, 0) is 44.0 Å². The number of nitrogens with zero attached hydrogens (tertiary/aromatic N) is 1. The summed E-state index contributed by atoms with van der Waals surface area (Å²) in [5.41, 5.74) is 5.49. The molecule has 0 amide bonds. The van der Waals surface area contributed by atoms with Gasteiger partial charge in [0.2, 0.25) is 0 Å². The van der Waals surface area contributed by atoms with Gasteiger partial charge in [-0.2, -0.15) is 0 Å². The summed E-state index contributed by atoms with van der Waals surface area (Å²) in [4.78, 5) is 4.46. The third kappa shape index (κ3) is 2.80. The molecule has 2 aromatic rings. The van der Waals surface area contributed by atoms with Gasteiger partial charge >= 0.3 is 0 Å². The number of hydrogen-bond donors (Lipinski definition) is 0. The first kappa shape index (κ1) is 12.8. The molecule has 2 heteroatoms. The van der Waals surface area contributed by atoms with E-state index in [4.69, 9.17) is 11.6 Å². The highest BCUT2D eigenvalue weighted by Crippen LogP contribution is 2.22. The number of aryl methyl sites for hydroxylation is 3. The van der Waals surface area contributed by atoms with Crippen molar-refractivity contribution in [2.45, 2.75) is 20.8 Å². The molecule has 2 aromatic carbocycles. The largest absolute Gasteiger partial charge is 0.236 e. The molecule has 0 unspecified atom stereocenters. The Labute approximate surface area is 113 Å². The number of aliphatic imine (C=N–C) groups is 1. The quantitative estimate of drug-likeness (QED) is 0.677. The SMILES string of the molecule is Cc1cc(C)c(/C(Cl)=N\c2ccccc2)c(C)c1. The van der Waals surface area contributed by atoms with Crippen LogP contribution in [0.1, 0.15) is 22.3 Å². The van der Waals surface area contributed by atoms with E-state index in [2.05, 4.69) is 37.9 Å². The van der Waals surface area contributed by atoms with Gasteiger partial charge in [0.1, 0.15) is 5.17 Å². The smallest absolute Gasteiger partial charge is 0.137 e. The van der Waals surface area contributed by atoms with E-state index < -0.39 is 0 Å². The van der Waals surface area contributed by atoms with Gasteiger partial charge in [-0.15, -0.1) is 0 Å². The highest BCUT2D eigenvalue weighted by Gasteiger charge is 2.08. The maximum Gasteiger partial charge on any atom is 0.137 e. The molecule has 0 aliphatic heterocycles. The minimum Gasteiger partial charge on any atom is -0.236 e. The van der Waals surface area contributed by atoms with Crippen LogP contribution in [-0.4, -0.2) is 5.17 Å². The van der Waals surface area contributed by atoms with Gasteiger partial charge in [0.25, 0.3) is 0 Å². The Balaban J connectivity index is 2.47. The Kier molecular flexibility index (Phi) is 3.83. The van der Waals surface area contributed by atoms with E-state index in [1.165, 1.54) is 5.56 Å². The van der Waals surface area contributed by atoms with Gasteiger partial charge in [-0.25, -0.2) is 4.99 Å². The molecule has 2 rings (SSSR count). The van der Waals surface area contributed by atoms with Crippen molar-refractivity contribution >= 4 is 22.5 Å². The molecule has 0 N–H and O–H groups in total. The normalized spacial score (nSPS) is 11.7. The Morgan fingerprint density at radius 2 is 1.50 bits per heavy atom. The van der Waals surface area contributed by atoms with Crippen LogP contribution in [-0.2, 0) is 0 Å². The van der Waals surface area contributed by atoms with Crippen LogP contribution in [0.2, 0.25) is 0 Å². The number of halogens is 1. The third-order valence-electron chi connectivity index (χ3n) is 2.87. The van der Waals surface area contributed by atoms with Crippen molar-refractivity contribution in [1.82, 2.24) is 0 Å². The zero-order valence-corrected chi connectivity index (χ0v) is 11.6. The number of benzene rings is 2. The molecule has 0 aliphatic rings. The highest BCUT2D eigenvalue weighted by molar-refractivity contribution is 6.70. The highest BCUT2D eigenvalue weighted by atomic mass is 35.5. The van der Waals surface area contributed by atoms with Crippen molar-refractivity contribution in [3.05, 3.63) is 64.7 Å². The van der Waals surface area contributed by atoms with Crippen molar-refractivity contribution in [3.8, 4) is 0 Å². The standard InChI is InChI=1S/C16H16ClN/c1-11-9-12(2)15(13(3)10-11)16(17)18-14-7-5-4-6-8-14/h4-10H,1-3H3/b18-16+. The summed E-state index contributed by atoms with van der Waals surface area (Å²) in [5, 5.41) is 0.552. The van der Waals surface area contributed by atoms with Crippen LogP contribution >= 0.6 is 11.6 Å². The van der Waals surface area contributed by atoms with E-state index >= 15 is 0 Å². The average molecular weight is 258 g/mol. The molecule has 0 atom stereocenters. The zero-order valence-electron chi connectivity index (χ0n) is 10.9. The summed E-state index contributed by atoms with van der Waals surface area (Å²) < 4.78 is 0. The van der Waals surface area contributed by atoms with Crippen LogP contribution in [0, 0.1) is 20.8 Å². The summed E-state index contributed by atoms with van der Waals surface area (Å²) in [6.45, 7) is 6.22. The number of hydrogen-bond acceptors (Lipinski definition) is 1. The first-order chi connectivity index (χ1) is 8.58.